The monoisotopic (exact) mass is 290 g/mol. The molecule has 20 heavy (non-hydrogen) atoms. The van der Waals surface area contributed by atoms with Gasteiger partial charge in [-0.1, -0.05) is 18.3 Å². The van der Waals surface area contributed by atoms with Crippen LogP contribution < -0.4 is 10.5 Å². The second kappa shape index (κ2) is 4.52. The molecule has 2 heterocycles. The maximum atomic E-state index is 10.8. The van der Waals surface area contributed by atoms with Crippen LogP contribution in [0.25, 0.3) is 10.6 Å². The maximum Gasteiger partial charge on any atom is 0.411 e. The Morgan fingerprint density at radius 1 is 1.45 bits per heavy atom. The first-order valence-electron chi connectivity index (χ1n) is 6.26. The van der Waals surface area contributed by atoms with Crippen molar-refractivity contribution in [1.29, 1.82) is 0 Å². The molecule has 6 nitrogen and oxygen atoms in total. The second-order valence-electron chi connectivity index (χ2n) is 5.14. The molecule has 2 aromatic rings. The predicted molar refractivity (Wildman–Crippen MR) is 74.7 cm³/mol. The number of aryl methyl sites for hydroxylation is 1. The van der Waals surface area contributed by atoms with Crippen molar-refractivity contribution in [1.82, 2.24) is 15.0 Å². The highest BCUT2D eigenvalue weighted by Crippen LogP contribution is 2.46. The fourth-order valence-electron chi connectivity index (χ4n) is 1.93. The minimum Gasteiger partial charge on any atom is -0.381 e. The van der Waals surface area contributed by atoms with Gasteiger partial charge in [-0.25, -0.2) is 19.7 Å². The van der Waals surface area contributed by atoms with Gasteiger partial charge < -0.3 is 10.5 Å². The van der Waals surface area contributed by atoms with Gasteiger partial charge in [0.05, 0.1) is 16.3 Å². The van der Waals surface area contributed by atoms with Crippen molar-refractivity contribution in [3.05, 3.63) is 23.8 Å². The Hall–Kier alpha value is -2.02. The molecule has 2 aromatic heterocycles. The van der Waals surface area contributed by atoms with Crippen molar-refractivity contribution in [3.63, 3.8) is 0 Å². The van der Waals surface area contributed by atoms with E-state index >= 15 is 0 Å². The minimum absolute atomic E-state index is 0.112. The van der Waals surface area contributed by atoms with E-state index in [9.17, 15) is 4.79 Å². The summed E-state index contributed by atoms with van der Waals surface area (Å²) in [5, 5.41) is 0.239. The van der Waals surface area contributed by atoms with Crippen molar-refractivity contribution >= 4 is 17.4 Å². The average Bonchev–Trinajstić information content (AvgIpc) is 3.04. The highest BCUT2D eigenvalue weighted by atomic mass is 32.1. The lowest BCUT2D eigenvalue weighted by atomic mass is 10.1. The summed E-state index contributed by atoms with van der Waals surface area (Å²) in [6.07, 6.45) is 3.14. The minimum atomic E-state index is -0.862. The molecule has 7 heteroatoms. The fraction of sp³-hybridized carbons (Fsp3) is 0.385. The molecular weight excluding hydrogens is 276 g/mol. The van der Waals surface area contributed by atoms with Crippen LogP contribution in [0.2, 0.25) is 0 Å². The SMILES string of the molecule is Cc1nc(OC(N)=O)sc1-c1ccnc(C2(C)CC2)n1. The summed E-state index contributed by atoms with van der Waals surface area (Å²) in [5.41, 5.74) is 6.67. The van der Waals surface area contributed by atoms with E-state index in [1.54, 1.807) is 6.20 Å². The van der Waals surface area contributed by atoms with Crippen LogP contribution in [-0.2, 0) is 5.41 Å². The normalized spacial score (nSPS) is 15.9. The van der Waals surface area contributed by atoms with E-state index in [-0.39, 0.29) is 10.6 Å². The van der Waals surface area contributed by atoms with Gasteiger partial charge in [0.2, 0.25) is 0 Å². The van der Waals surface area contributed by atoms with Gasteiger partial charge in [0.25, 0.3) is 5.19 Å². The zero-order valence-corrected chi connectivity index (χ0v) is 12.0. The van der Waals surface area contributed by atoms with E-state index in [0.717, 1.165) is 34.9 Å². The van der Waals surface area contributed by atoms with E-state index in [4.69, 9.17) is 10.5 Å². The topological polar surface area (TPSA) is 91.0 Å². The Morgan fingerprint density at radius 2 is 2.20 bits per heavy atom. The summed E-state index contributed by atoms with van der Waals surface area (Å²) >= 11 is 1.26. The number of carbonyl (C=O) groups excluding carboxylic acids is 1. The van der Waals surface area contributed by atoms with Gasteiger partial charge >= 0.3 is 6.09 Å². The number of ether oxygens (including phenoxy) is 1. The number of nitrogens with zero attached hydrogens (tertiary/aromatic N) is 3. The van der Waals surface area contributed by atoms with Crippen LogP contribution in [0.3, 0.4) is 0 Å². The lowest BCUT2D eigenvalue weighted by Crippen LogP contribution is -2.15. The van der Waals surface area contributed by atoms with E-state index in [2.05, 4.69) is 21.9 Å². The Kier molecular flexibility index (Phi) is 2.93. The van der Waals surface area contributed by atoms with Crippen LogP contribution in [0.15, 0.2) is 12.3 Å². The molecule has 0 aromatic carbocycles. The van der Waals surface area contributed by atoms with Gasteiger partial charge in [-0.05, 0) is 25.8 Å². The Bertz CT molecular complexity index is 679. The average molecular weight is 290 g/mol. The van der Waals surface area contributed by atoms with Crippen LogP contribution in [-0.4, -0.2) is 21.0 Å². The van der Waals surface area contributed by atoms with Gasteiger partial charge in [-0.15, -0.1) is 0 Å². The van der Waals surface area contributed by atoms with Gasteiger partial charge in [0, 0.05) is 11.6 Å². The van der Waals surface area contributed by atoms with Gasteiger partial charge in [-0.3, -0.25) is 0 Å². The zero-order valence-electron chi connectivity index (χ0n) is 11.2. The highest BCUT2D eigenvalue weighted by Gasteiger charge is 2.42. The van der Waals surface area contributed by atoms with Gasteiger partial charge in [0.1, 0.15) is 5.82 Å². The molecule has 1 aliphatic carbocycles. The number of amides is 1. The smallest absolute Gasteiger partial charge is 0.381 e. The number of aromatic nitrogens is 3. The number of hydrogen-bond donors (Lipinski definition) is 1. The van der Waals surface area contributed by atoms with Crippen LogP contribution in [0.5, 0.6) is 5.19 Å². The number of primary amides is 1. The molecule has 1 fully saturated rings. The van der Waals surface area contributed by atoms with Crippen molar-refractivity contribution < 1.29 is 9.53 Å². The number of nitrogens with two attached hydrogens (primary N) is 1. The first-order chi connectivity index (χ1) is 9.48. The van der Waals surface area contributed by atoms with E-state index in [0.29, 0.717) is 0 Å². The quantitative estimate of drug-likeness (QED) is 0.937. The Morgan fingerprint density at radius 3 is 2.85 bits per heavy atom. The molecular formula is C13H14N4O2S. The third kappa shape index (κ3) is 2.36. The fourth-order valence-corrected chi connectivity index (χ4v) is 2.82. The van der Waals surface area contributed by atoms with E-state index < -0.39 is 6.09 Å². The lowest BCUT2D eigenvalue weighted by molar-refractivity contribution is 0.210. The summed E-state index contributed by atoms with van der Waals surface area (Å²) in [6, 6.07) is 1.84. The summed E-state index contributed by atoms with van der Waals surface area (Å²) < 4.78 is 4.81. The first kappa shape index (κ1) is 13.0. The second-order valence-corrected chi connectivity index (χ2v) is 6.10. The van der Waals surface area contributed by atoms with Crippen LogP contribution in [0.4, 0.5) is 4.79 Å². The van der Waals surface area contributed by atoms with Gasteiger partial charge in [-0.2, -0.15) is 0 Å². The third-order valence-corrected chi connectivity index (χ3v) is 4.45. The molecule has 1 aliphatic rings. The Labute approximate surface area is 120 Å². The summed E-state index contributed by atoms with van der Waals surface area (Å²) in [6.45, 7) is 4.01. The third-order valence-electron chi connectivity index (χ3n) is 3.39. The van der Waals surface area contributed by atoms with Crippen molar-refractivity contribution in [3.8, 4) is 15.8 Å². The molecule has 0 unspecified atom stereocenters. The molecule has 0 saturated heterocycles. The lowest BCUT2D eigenvalue weighted by Gasteiger charge is -2.07. The number of carbonyl (C=O) groups is 1. The molecule has 1 saturated carbocycles. The van der Waals surface area contributed by atoms with Crippen LogP contribution in [0, 0.1) is 6.92 Å². The van der Waals surface area contributed by atoms with E-state index in [1.165, 1.54) is 11.3 Å². The summed E-state index contributed by atoms with van der Waals surface area (Å²) in [4.78, 5) is 24.8. The molecule has 0 atom stereocenters. The molecule has 3 rings (SSSR count). The zero-order chi connectivity index (χ0) is 14.3. The predicted octanol–water partition coefficient (Wildman–Crippen LogP) is 2.42. The maximum absolute atomic E-state index is 10.8. The first-order valence-corrected chi connectivity index (χ1v) is 7.08. The number of rotatable bonds is 3. The Balaban J connectivity index is 1.96. The van der Waals surface area contributed by atoms with Crippen molar-refractivity contribution in [2.45, 2.75) is 32.1 Å². The molecule has 0 spiro atoms. The molecule has 0 bridgehead atoms. The van der Waals surface area contributed by atoms with Gasteiger partial charge in [0.15, 0.2) is 0 Å². The molecule has 0 aliphatic heterocycles. The summed E-state index contributed by atoms with van der Waals surface area (Å²) in [5.74, 6) is 0.861. The molecule has 1 amide bonds. The highest BCUT2D eigenvalue weighted by molar-refractivity contribution is 7.17. The molecule has 2 N–H and O–H groups in total. The van der Waals surface area contributed by atoms with Crippen molar-refractivity contribution in [2.75, 3.05) is 0 Å². The number of hydrogen-bond acceptors (Lipinski definition) is 6. The van der Waals surface area contributed by atoms with E-state index in [1.807, 2.05) is 13.0 Å². The molecule has 0 radical (unpaired) electrons. The summed E-state index contributed by atoms with van der Waals surface area (Å²) in [7, 11) is 0. The molecule has 104 valence electrons. The number of thiazole rings is 1. The van der Waals surface area contributed by atoms with Crippen LogP contribution >= 0.6 is 11.3 Å². The largest absolute Gasteiger partial charge is 0.411 e. The van der Waals surface area contributed by atoms with Crippen molar-refractivity contribution in [2.24, 2.45) is 5.73 Å². The van der Waals surface area contributed by atoms with Crippen LogP contribution in [0.1, 0.15) is 31.3 Å². The standard InChI is InChI=1S/C13H14N4O2S/c1-7-9(20-12(16-7)19-11(14)18)8-3-6-15-10(17-8)13(2)4-5-13/h3,6H,4-5H2,1-2H3,(H2,14,18).